The molecule has 0 atom stereocenters. The summed E-state index contributed by atoms with van der Waals surface area (Å²) in [6.07, 6.45) is 4.08. The van der Waals surface area contributed by atoms with Crippen LogP contribution < -0.4 is 0 Å². The molecule has 1 aromatic carbocycles. The Labute approximate surface area is 160 Å². The summed E-state index contributed by atoms with van der Waals surface area (Å²) < 4.78 is 11.1. The van der Waals surface area contributed by atoms with Gasteiger partial charge in [0.2, 0.25) is 5.89 Å². The van der Waals surface area contributed by atoms with Crippen molar-refractivity contribution in [2.24, 2.45) is 4.99 Å². The van der Waals surface area contributed by atoms with Crippen LogP contribution in [-0.4, -0.2) is 29.5 Å². The van der Waals surface area contributed by atoms with Crippen molar-refractivity contribution in [1.29, 1.82) is 0 Å². The quantitative estimate of drug-likeness (QED) is 0.203. The molecule has 0 radical (unpaired) electrons. The number of hydrogen-bond donors (Lipinski definition) is 0. The maximum Gasteiger partial charge on any atom is 0.254 e. The largest absolute Gasteiger partial charge is 0.484 e. The van der Waals surface area contributed by atoms with Gasteiger partial charge in [-0.3, -0.25) is 14.6 Å². The predicted octanol–water partition coefficient (Wildman–Crippen LogP) is 3.71. The topological polar surface area (TPSA) is 94.7 Å². The maximum absolute atomic E-state index is 11.0. The van der Waals surface area contributed by atoms with Crippen LogP contribution in [0.5, 0.6) is 0 Å². The molecule has 0 saturated heterocycles. The highest BCUT2D eigenvalue weighted by Gasteiger charge is 2.09. The number of ether oxygens (including phenoxy) is 1. The highest BCUT2D eigenvalue weighted by molar-refractivity contribution is 8.06. The first-order valence-corrected chi connectivity index (χ1v) is 8.68. The average molecular weight is 383 g/mol. The van der Waals surface area contributed by atoms with E-state index in [1.54, 1.807) is 18.4 Å². The highest BCUT2D eigenvalue weighted by Crippen LogP contribution is 2.21. The third-order valence-corrected chi connectivity index (χ3v) is 4.13. The van der Waals surface area contributed by atoms with Gasteiger partial charge in [0.1, 0.15) is 12.0 Å². The van der Waals surface area contributed by atoms with Gasteiger partial charge in [-0.15, -0.1) is 10.2 Å². The van der Waals surface area contributed by atoms with Gasteiger partial charge in [-0.25, -0.2) is 0 Å². The predicted molar refractivity (Wildman–Crippen MR) is 104 cm³/mol. The maximum atomic E-state index is 11.0. The first-order chi connectivity index (χ1) is 13.2. The molecule has 0 fully saturated rings. The van der Waals surface area contributed by atoms with Crippen LogP contribution in [0.15, 0.2) is 73.7 Å². The fourth-order valence-electron chi connectivity index (χ4n) is 1.82. The summed E-state index contributed by atoms with van der Waals surface area (Å²) in [4.78, 5) is 25.9. The monoisotopic (exact) mass is 383 g/mol. The number of allylic oxidation sites excluding steroid dienone is 4. The van der Waals surface area contributed by atoms with E-state index in [0.717, 1.165) is 17.3 Å². The van der Waals surface area contributed by atoms with Crippen LogP contribution in [0.25, 0.3) is 11.5 Å². The van der Waals surface area contributed by atoms with E-state index in [4.69, 9.17) is 9.15 Å². The molecule has 0 saturated carbocycles. The minimum atomic E-state index is -0.00185. The number of benzene rings is 1. The van der Waals surface area contributed by atoms with E-state index in [1.807, 2.05) is 30.3 Å². The molecule has 1 heterocycles. The van der Waals surface area contributed by atoms with Gasteiger partial charge < -0.3 is 9.15 Å². The summed E-state index contributed by atoms with van der Waals surface area (Å²) in [6.45, 7) is 5.05. The second-order valence-electron chi connectivity index (χ2n) is 5.01. The fourth-order valence-corrected chi connectivity index (χ4v) is 2.46. The molecule has 27 heavy (non-hydrogen) atoms. The van der Waals surface area contributed by atoms with Gasteiger partial charge in [-0.05, 0) is 37.3 Å². The number of rotatable bonds is 10. The Hall–Kier alpha value is -3.26. The molecule has 0 N–H and O–H groups in total. The van der Waals surface area contributed by atoms with Gasteiger partial charge in [0.05, 0.1) is 10.6 Å². The van der Waals surface area contributed by atoms with Crippen molar-refractivity contribution < 1.29 is 18.7 Å². The minimum absolute atomic E-state index is 0.00185. The lowest BCUT2D eigenvalue weighted by Gasteiger charge is -2.03. The summed E-state index contributed by atoms with van der Waals surface area (Å²) in [6, 6.07) is 9.34. The number of aromatic nitrogens is 2. The molecule has 0 unspecified atom stereocenters. The van der Waals surface area contributed by atoms with Crippen LogP contribution >= 0.6 is 11.8 Å². The van der Waals surface area contributed by atoms with Gasteiger partial charge in [0, 0.05) is 11.6 Å². The number of nitrogens with zero attached hydrogens (tertiary/aromatic N) is 3. The number of carbonyl (C=O) groups is 2. The average Bonchev–Trinajstić information content (AvgIpc) is 3.18. The van der Waals surface area contributed by atoms with Crippen molar-refractivity contribution in [3.8, 4) is 11.5 Å². The minimum Gasteiger partial charge on any atom is -0.484 e. The van der Waals surface area contributed by atoms with Gasteiger partial charge in [0.25, 0.3) is 5.89 Å². The van der Waals surface area contributed by atoms with E-state index >= 15 is 0 Å². The van der Waals surface area contributed by atoms with E-state index < -0.39 is 0 Å². The summed E-state index contributed by atoms with van der Waals surface area (Å²) in [5.74, 6) is 0.938. The first-order valence-electron chi connectivity index (χ1n) is 7.80. The molecular formula is C19H17N3O4S. The van der Waals surface area contributed by atoms with Gasteiger partial charge in [0.15, 0.2) is 12.9 Å². The molecule has 138 valence electrons. The molecule has 0 bridgehead atoms. The number of carbonyl (C=O) groups excluding carboxylic acids is 2. The zero-order chi connectivity index (χ0) is 19.5. The van der Waals surface area contributed by atoms with Crippen LogP contribution in [0.4, 0.5) is 0 Å². The third kappa shape index (κ3) is 6.19. The lowest BCUT2D eigenvalue weighted by Crippen LogP contribution is -1.93. The van der Waals surface area contributed by atoms with Crippen LogP contribution in [0.3, 0.4) is 0 Å². The lowest BCUT2D eigenvalue weighted by atomic mass is 10.2. The Balaban J connectivity index is 1.99. The molecule has 2 rings (SSSR count). The number of thioether (sulfide) groups is 1. The summed E-state index contributed by atoms with van der Waals surface area (Å²) in [5.41, 5.74) is 1.32. The molecule has 0 aliphatic carbocycles. The van der Waals surface area contributed by atoms with Crippen molar-refractivity contribution >= 4 is 31.1 Å². The van der Waals surface area contributed by atoms with Crippen molar-refractivity contribution in [1.82, 2.24) is 10.2 Å². The molecule has 0 amide bonds. The Kier molecular flexibility index (Phi) is 7.92. The van der Waals surface area contributed by atoms with Crippen molar-refractivity contribution in [2.75, 3.05) is 0 Å². The van der Waals surface area contributed by atoms with Crippen LogP contribution in [0.2, 0.25) is 0 Å². The summed E-state index contributed by atoms with van der Waals surface area (Å²) in [7, 11) is 0. The van der Waals surface area contributed by atoms with E-state index in [1.165, 1.54) is 6.08 Å². The van der Waals surface area contributed by atoms with Gasteiger partial charge in [-0.2, -0.15) is 0 Å². The molecule has 2 aromatic rings. The van der Waals surface area contributed by atoms with E-state index in [2.05, 4.69) is 21.9 Å². The zero-order valence-corrected chi connectivity index (χ0v) is 15.4. The second-order valence-corrected chi connectivity index (χ2v) is 5.95. The van der Waals surface area contributed by atoms with E-state index in [9.17, 15) is 9.59 Å². The van der Waals surface area contributed by atoms with Crippen molar-refractivity contribution in [3.63, 3.8) is 0 Å². The molecule has 7 nitrogen and oxygen atoms in total. The molecule has 0 aliphatic heterocycles. The van der Waals surface area contributed by atoms with Crippen molar-refractivity contribution in [3.05, 3.63) is 70.1 Å². The number of aldehydes is 2. The molecule has 0 aliphatic rings. The summed E-state index contributed by atoms with van der Waals surface area (Å²) in [5, 5.41) is 9.50. The second kappa shape index (κ2) is 10.7. The van der Waals surface area contributed by atoms with Crippen LogP contribution in [-0.2, 0) is 20.9 Å². The smallest absolute Gasteiger partial charge is 0.254 e. The Morgan fingerprint density at radius 2 is 2.07 bits per heavy atom. The van der Waals surface area contributed by atoms with Crippen LogP contribution in [0.1, 0.15) is 12.8 Å². The Bertz CT molecular complexity index is 885. The van der Waals surface area contributed by atoms with Gasteiger partial charge in [-0.1, -0.05) is 30.0 Å². The van der Waals surface area contributed by atoms with Gasteiger partial charge >= 0.3 is 0 Å². The van der Waals surface area contributed by atoms with Crippen molar-refractivity contribution in [2.45, 2.75) is 13.5 Å². The SMILES string of the molecule is C=N/C(C)=C(/C=O)S/C=C\C(=C/C=O)OCc1nnc(-c2ccccc2)o1. The Morgan fingerprint density at radius 3 is 2.74 bits per heavy atom. The van der Waals surface area contributed by atoms with E-state index in [0.29, 0.717) is 29.1 Å². The molecule has 1 aromatic heterocycles. The normalized spacial score (nSPS) is 12.6. The van der Waals surface area contributed by atoms with E-state index in [-0.39, 0.29) is 18.3 Å². The zero-order valence-electron chi connectivity index (χ0n) is 14.6. The molecule has 8 heteroatoms. The summed E-state index contributed by atoms with van der Waals surface area (Å²) >= 11 is 1.14. The number of hydrogen-bond acceptors (Lipinski definition) is 8. The standard InChI is InChI=1S/C19H17N3O4S/c1-14(20-2)17(12-24)27-11-9-16(8-10-23)25-13-18-21-22-19(26-18)15-6-4-3-5-7-15/h3-12H,2,13H2,1H3/b11-9-,16-8+,17-14-. The third-order valence-electron chi connectivity index (χ3n) is 3.21. The Morgan fingerprint density at radius 1 is 1.30 bits per heavy atom. The fraction of sp³-hybridized carbons (Fsp3) is 0.105. The lowest BCUT2D eigenvalue weighted by molar-refractivity contribution is -0.105. The number of aliphatic imine (C=N–C) groups is 1. The molecule has 0 spiro atoms. The molecular weight excluding hydrogens is 366 g/mol. The highest BCUT2D eigenvalue weighted by atomic mass is 32.2. The van der Waals surface area contributed by atoms with Crippen LogP contribution in [0, 0.1) is 0 Å². The first kappa shape index (κ1) is 20.1.